The summed E-state index contributed by atoms with van der Waals surface area (Å²) in [4.78, 5) is 16.6. The number of esters is 1. The average molecular weight is 601 g/mol. The number of hydrogen-bond donors (Lipinski definition) is 3. The van der Waals surface area contributed by atoms with Gasteiger partial charge in [-0.05, 0) is 105 Å². The van der Waals surface area contributed by atoms with Crippen LogP contribution in [0.1, 0.15) is 107 Å². The summed E-state index contributed by atoms with van der Waals surface area (Å²) < 4.78 is 19.1. The molecule has 0 amide bonds. The molecule has 7 aliphatic rings. The maximum absolute atomic E-state index is 12.5. The quantitative estimate of drug-likeness (QED) is 0.396. The number of fused-ring (bicyclic) bond motifs is 4. The van der Waals surface area contributed by atoms with Crippen molar-refractivity contribution in [3.63, 3.8) is 0 Å². The first-order chi connectivity index (χ1) is 20.0. The van der Waals surface area contributed by atoms with E-state index in [1.165, 1.54) is 32.6 Å². The molecule has 242 valence electrons. The lowest BCUT2D eigenvalue weighted by Gasteiger charge is -2.63. The van der Waals surface area contributed by atoms with Crippen LogP contribution in [0.2, 0.25) is 0 Å². The Bertz CT molecular complexity index is 1200. The van der Waals surface area contributed by atoms with Gasteiger partial charge in [0, 0.05) is 17.8 Å². The molecule has 8 heteroatoms. The average Bonchev–Trinajstić information content (AvgIpc) is 3.19. The molecule has 0 aromatic heterocycles. The number of nitrogens with zero attached hydrogens (tertiary/aromatic N) is 1. The lowest BCUT2D eigenvalue weighted by Crippen LogP contribution is -2.60. The number of hydrogen-bond acceptors (Lipinski definition) is 8. The largest absolute Gasteiger partial charge is 0.476 e. The number of aliphatic hydroxyl groups is 2. The van der Waals surface area contributed by atoms with Crippen LogP contribution in [0.3, 0.4) is 0 Å². The van der Waals surface area contributed by atoms with E-state index in [9.17, 15) is 15.0 Å². The molecule has 43 heavy (non-hydrogen) atoms. The van der Waals surface area contributed by atoms with Crippen LogP contribution in [0.4, 0.5) is 0 Å². The predicted molar refractivity (Wildman–Crippen MR) is 163 cm³/mol. The van der Waals surface area contributed by atoms with Crippen molar-refractivity contribution < 1.29 is 29.2 Å². The van der Waals surface area contributed by atoms with Gasteiger partial charge >= 0.3 is 5.97 Å². The summed E-state index contributed by atoms with van der Waals surface area (Å²) in [7, 11) is 0. The summed E-state index contributed by atoms with van der Waals surface area (Å²) in [6, 6.07) is 0. The van der Waals surface area contributed by atoms with Crippen LogP contribution in [0.15, 0.2) is 4.99 Å². The highest BCUT2D eigenvalue weighted by atomic mass is 16.6. The van der Waals surface area contributed by atoms with Gasteiger partial charge in [-0.25, -0.2) is 4.99 Å². The predicted octanol–water partition coefficient (Wildman–Crippen LogP) is 4.85. The fourth-order valence-electron chi connectivity index (χ4n) is 13.2. The van der Waals surface area contributed by atoms with E-state index >= 15 is 0 Å². The van der Waals surface area contributed by atoms with Crippen LogP contribution < -0.4 is 5.32 Å². The van der Waals surface area contributed by atoms with Gasteiger partial charge in [0.2, 0.25) is 0 Å². The fourth-order valence-corrected chi connectivity index (χ4v) is 13.2. The third-order valence-electron chi connectivity index (χ3n) is 15.0. The Morgan fingerprint density at radius 2 is 1.79 bits per heavy atom. The van der Waals surface area contributed by atoms with Crippen LogP contribution >= 0.6 is 0 Å². The second-order valence-corrected chi connectivity index (χ2v) is 17.5. The molecular formula is C35H56N2O6. The monoisotopic (exact) mass is 600 g/mol. The Balaban J connectivity index is 1.18. The van der Waals surface area contributed by atoms with Crippen molar-refractivity contribution in [2.24, 2.45) is 55.7 Å². The first-order valence-electron chi connectivity index (χ1n) is 17.2. The molecule has 5 saturated carbocycles. The Kier molecular flexibility index (Phi) is 6.67. The molecule has 0 aromatic carbocycles. The Morgan fingerprint density at radius 3 is 2.44 bits per heavy atom. The van der Waals surface area contributed by atoms with Gasteiger partial charge in [0.15, 0.2) is 12.0 Å². The van der Waals surface area contributed by atoms with Crippen LogP contribution in [-0.4, -0.2) is 71.4 Å². The van der Waals surface area contributed by atoms with E-state index in [0.717, 1.165) is 31.7 Å². The topological polar surface area (TPSA) is 110 Å². The zero-order valence-corrected chi connectivity index (χ0v) is 27.7. The van der Waals surface area contributed by atoms with E-state index in [2.05, 4.69) is 44.9 Å². The van der Waals surface area contributed by atoms with Crippen LogP contribution in [-0.2, 0) is 19.0 Å². The highest BCUT2D eigenvalue weighted by Gasteiger charge is 2.84. The Labute approximate surface area is 258 Å². The zero-order chi connectivity index (χ0) is 31.0. The van der Waals surface area contributed by atoms with E-state index in [0.29, 0.717) is 30.3 Å². The first-order valence-corrected chi connectivity index (χ1v) is 17.2. The van der Waals surface area contributed by atoms with Crippen molar-refractivity contribution in [1.29, 1.82) is 0 Å². The second kappa shape index (κ2) is 9.42. The smallest absolute Gasteiger partial charge is 0.303 e. The van der Waals surface area contributed by atoms with Gasteiger partial charge < -0.3 is 24.4 Å². The molecule has 1 saturated heterocycles. The molecule has 8 nitrogen and oxygen atoms in total. The van der Waals surface area contributed by atoms with Gasteiger partial charge in [-0.1, -0.05) is 34.6 Å². The number of rotatable bonds is 4. The van der Waals surface area contributed by atoms with Crippen LogP contribution in [0.5, 0.6) is 0 Å². The molecule has 13 atom stereocenters. The van der Waals surface area contributed by atoms with Gasteiger partial charge in [-0.15, -0.1) is 0 Å². The molecule has 2 aliphatic heterocycles. The van der Waals surface area contributed by atoms with Crippen molar-refractivity contribution in [2.75, 3.05) is 13.2 Å². The standard InChI is InChI=1S/C35H56N2O6/c1-19-15-21(29(31(5,6)40)41-20(2)38)42-27-26(19)32(7)13-14-35-17-34(35)12-11-24(43-25-16-36-18-37-25)30(3,4)22(34)9-10-23(35)33(32,8)28(27)39/h19,21-24,26-29,36,39-40H,9-18H2,1-8H3/t19?,21-,22+,23+,24+,26?,27+,28+,29+,32-,33-,34?,35+/m1/s1. The Hall–Kier alpha value is -1.22. The van der Waals surface area contributed by atoms with E-state index in [1.807, 2.05) is 0 Å². The van der Waals surface area contributed by atoms with Gasteiger partial charge in [0.25, 0.3) is 0 Å². The molecular weight excluding hydrogens is 544 g/mol. The number of ether oxygens (including phenoxy) is 3. The Morgan fingerprint density at radius 1 is 1.09 bits per heavy atom. The van der Waals surface area contributed by atoms with E-state index in [4.69, 9.17) is 14.2 Å². The maximum atomic E-state index is 12.5. The lowest BCUT2D eigenvalue weighted by molar-refractivity contribution is -0.216. The number of aliphatic hydroxyl groups excluding tert-OH is 1. The van der Waals surface area contributed by atoms with Crippen molar-refractivity contribution in [1.82, 2.24) is 5.32 Å². The highest BCUT2D eigenvalue weighted by molar-refractivity contribution is 5.79. The highest BCUT2D eigenvalue weighted by Crippen LogP contribution is 2.89. The van der Waals surface area contributed by atoms with Crippen molar-refractivity contribution in [3.8, 4) is 0 Å². The molecule has 6 fully saturated rings. The second-order valence-electron chi connectivity index (χ2n) is 17.5. The molecule has 5 aliphatic carbocycles. The maximum Gasteiger partial charge on any atom is 0.303 e. The number of carbonyl (C=O) groups excluding carboxylic acids is 1. The molecule has 3 unspecified atom stereocenters. The first kappa shape index (κ1) is 30.4. The number of carbonyl (C=O) groups is 1. The third kappa shape index (κ3) is 3.88. The molecule has 7 rings (SSSR count). The number of aliphatic imine (C=N–C) groups is 1. The summed E-state index contributed by atoms with van der Waals surface area (Å²) in [6.07, 6.45) is 7.03. The van der Waals surface area contributed by atoms with Crippen molar-refractivity contribution >= 4 is 11.9 Å². The molecule has 3 N–H and O–H groups in total. The van der Waals surface area contributed by atoms with Gasteiger partial charge in [-0.3, -0.25) is 10.1 Å². The summed E-state index contributed by atoms with van der Waals surface area (Å²) in [5, 5.41) is 26.7. The molecule has 0 radical (unpaired) electrons. The van der Waals surface area contributed by atoms with Crippen molar-refractivity contribution in [3.05, 3.63) is 0 Å². The normalized spacial score (nSPS) is 52.0. The summed E-state index contributed by atoms with van der Waals surface area (Å²) in [5.41, 5.74) is -0.845. The SMILES string of the molecule is CC(=O)O[C@@H]([C@H]1CC(C)C2[C@H](O1)[C@H](O)[C@@]1(C)[C@@H]3CC[C@H]4C(C)(C)[C@@H](OC5=NCNC5)CCC45C[C@@]35CC[C@]21C)C(C)(C)O. The van der Waals surface area contributed by atoms with Crippen molar-refractivity contribution in [2.45, 2.75) is 143 Å². The summed E-state index contributed by atoms with van der Waals surface area (Å²) in [5.74, 6) is 2.05. The summed E-state index contributed by atoms with van der Waals surface area (Å²) >= 11 is 0. The van der Waals surface area contributed by atoms with Gasteiger partial charge in [0.1, 0.15) is 6.10 Å². The van der Waals surface area contributed by atoms with Crippen LogP contribution in [0, 0.1) is 50.7 Å². The third-order valence-corrected chi connectivity index (χ3v) is 15.0. The zero-order valence-electron chi connectivity index (χ0n) is 27.7. The minimum atomic E-state index is -1.24. The van der Waals surface area contributed by atoms with Gasteiger partial charge in [0.05, 0.1) is 37.1 Å². The molecule has 0 aromatic rings. The fraction of sp³-hybridized carbons (Fsp3) is 0.943. The van der Waals surface area contributed by atoms with E-state index < -0.39 is 29.9 Å². The van der Waals surface area contributed by atoms with E-state index in [1.54, 1.807) is 13.8 Å². The van der Waals surface area contributed by atoms with Gasteiger partial charge in [-0.2, -0.15) is 0 Å². The summed E-state index contributed by atoms with van der Waals surface area (Å²) in [6.45, 7) is 18.2. The molecule has 0 bridgehead atoms. The number of nitrogens with one attached hydrogen (secondary N) is 1. The lowest BCUT2D eigenvalue weighted by atomic mass is 9.41. The van der Waals surface area contributed by atoms with Crippen LogP contribution in [0.25, 0.3) is 0 Å². The molecule has 2 heterocycles. The minimum Gasteiger partial charge on any atom is -0.476 e. The van der Waals surface area contributed by atoms with E-state index in [-0.39, 0.29) is 45.7 Å². The molecule has 2 spiro atoms. The minimum absolute atomic E-state index is 0.0386.